The summed E-state index contributed by atoms with van der Waals surface area (Å²) >= 11 is 0. The van der Waals surface area contributed by atoms with Crippen molar-refractivity contribution in [3.8, 4) is 11.5 Å². The van der Waals surface area contributed by atoms with Gasteiger partial charge in [-0.1, -0.05) is 19.1 Å². The molecule has 1 atom stereocenters. The Kier molecular flexibility index (Phi) is 5.17. The van der Waals surface area contributed by atoms with Crippen molar-refractivity contribution in [2.45, 2.75) is 26.4 Å². The van der Waals surface area contributed by atoms with Crippen molar-refractivity contribution in [3.63, 3.8) is 0 Å². The summed E-state index contributed by atoms with van der Waals surface area (Å²) in [6.45, 7) is 4.17. The van der Waals surface area contributed by atoms with Crippen LogP contribution in [0.15, 0.2) is 36.4 Å². The molecule has 0 spiro atoms. The molecule has 0 bridgehead atoms. The van der Waals surface area contributed by atoms with Gasteiger partial charge >= 0.3 is 0 Å². The zero-order valence-electron chi connectivity index (χ0n) is 12.7. The van der Waals surface area contributed by atoms with Crippen molar-refractivity contribution in [2.75, 3.05) is 13.7 Å². The van der Waals surface area contributed by atoms with E-state index in [-0.39, 0.29) is 6.61 Å². The van der Waals surface area contributed by atoms with Gasteiger partial charge in [-0.2, -0.15) is 0 Å². The number of ether oxygens (including phenoxy) is 2. The van der Waals surface area contributed by atoms with Gasteiger partial charge in [-0.3, -0.25) is 4.98 Å². The molecule has 0 aliphatic heterocycles. The number of hydrogen-bond acceptors (Lipinski definition) is 4. The molecule has 0 aliphatic carbocycles. The zero-order valence-corrected chi connectivity index (χ0v) is 12.7. The van der Waals surface area contributed by atoms with E-state index in [9.17, 15) is 5.11 Å². The third-order valence-electron chi connectivity index (χ3n) is 3.28. The van der Waals surface area contributed by atoms with E-state index in [1.165, 1.54) is 0 Å². The fourth-order valence-electron chi connectivity index (χ4n) is 2.10. The highest BCUT2D eigenvalue weighted by Crippen LogP contribution is 2.22. The Morgan fingerprint density at radius 2 is 2.05 bits per heavy atom. The molecule has 0 radical (unpaired) electrons. The highest BCUT2D eigenvalue weighted by atomic mass is 16.5. The summed E-state index contributed by atoms with van der Waals surface area (Å²) in [6.07, 6.45) is 0.0952. The fourth-order valence-corrected chi connectivity index (χ4v) is 2.10. The maximum atomic E-state index is 10.2. The maximum Gasteiger partial charge on any atom is 0.140 e. The van der Waals surface area contributed by atoms with Gasteiger partial charge < -0.3 is 14.6 Å². The number of pyridine rings is 1. The molecular weight excluding hydrogens is 266 g/mol. The van der Waals surface area contributed by atoms with Gasteiger partial charge in [0.05, 0.1) is 12.8 Å². The number of rotatable bonds is 6. The number of benzene rings is 1. The highest BCUT2D eigenvalue weighted by molar-refractivity contribution is 5.31. The lowest BCUT2D eigenvalue weighted by Crippen LogP contribution is -2.11. The van der Waals surface area contributed by atoms with Gasteiger partial charge in [0.2, 0.25) is 0 Å². The molecule has 0 fully saturated rings. The van der Waals surface area contributed by atoms with Gasteiger partial charge in [0, 0.05) is 5.69 Å². The Morgan fingerprint density at radius 1 is 1.24 bits per heavy atom. The van der Waals surface area contributed by atoms with E-state index in [0.717, 1.165) is 34.9 Å². The number of aromatic nitrogens is 1. The molecule has 0 amide bonds. The standard InChI is InChI=1S/C17H21NO3/c1-4-15-17(9-8-12(2)18-15)21-11-16(19)13-6-5-7-14(10-13)20-3/h5-10,16,19H,4,11H2,1-3H3. The van der Waals surface area contributed by atoms with E-state index in [4.69, 9.17) is 9.47 Å². The minimum absolute atomic E-state index is 0.185. The van der Waals surface area contributed by atoms with Crippen LogP contribution in [0.2, 0.25) is 0 Å². The second-order valence-corrected chi connectivity index (χ2v) is 4.85. The van der Waals surface area contributed by atoms with Crippen molar-refractivity contribution >= 4 is 0 Å². The first-order valence-electron chi connectivity index (χ1n) is 7.05. The number of aliphatic hydroxyl groups is 1. The summed E-state index contributed by atoms with van der Waals surface area (Å²) in [7, 11) is 1.60. The molecule has 2 rings (SSSR count). The van der Waals surface area contributed by atoms with Gasteiger partial charge in [-0.25, -0.2) is 0 Å². The van der Waals surface area contributed by atoms with Crippen LogP contribution in [0.1, 0.15) is 30.0 Å². The van der Waals surface area contributed by atoms with Crippen molar-refractivity contribution in [1.29, 1.82) is 0 Å². The lowest BCUT2D eigenvalue weighted by atomic mass is 10.1. The zero-order chi connectivity index (χ0) is 15.2. The van der Waals surface area contributed by atoms with Gasteiger partial charge in [-0.05, 0) is 43.2 Å². The molecule has 4 nitrogen and oxygen atoms in total. The van der Waals surface area contributed by atoms with Gasteiger partial charge in [0.15, 0.2) is 0 Å². The van der Waals surface area contributed by atoms with Crippen molar-refractivity contribution in [3.05, 3.63) is 53.3 Å². The minimum atomic E-state index is -0.703. The molecule has 1 heterocycles. The molecule has 21 heavy (non-hydrogen) atoms. The lowest BCUT2D eigenvalue weighted by molar-refractivity contribution is 0.107. The Labute approximate surface area is 125 Å². The summed E-state index contributed by atoms with van der Waals surface area (Å²) < 4.78 is 10.9. The number of hydrogen-bond donors (Lipinski definition) is 1. The molecule has 1 aromatic heterocycles. The monoisotopic (exact) mass is 287 g/mol. The van der Waals surface area contributed by atoms with Crippen LogP contribution in [0.4, 0.5) is 0 Å². The van der Waals surface area contributed by atoms with Crippen LogP contribution in [0.3, 0.4) is 0 Å². The molecule has 0 saturated carbocycles. The minimum Gasteiger partial charge on any atom is -0.497 e. The second kappa shape index (κ2) is 7.09. The molecule has 0 saturated heterocycles. The molecule has 0 aliphatic rings. The smallest absolute Gasteiger partial charge is 0.140 e. The highest BCUT2D eigenvalue weighted by Gasteiger charge is 2.11. The molecule has 4 heteroatoms. The van der Waals surface area contributed by atoms with Crippen LogP contribution in [-0.4, -0.2) is 23.8 Å². The second-order valence-electron chi connectivity index (χ2n) is 4.85. The van der Waals surface area contributed by atoms with E-state index < -0.39 is 6.10 Å². The quantitative estimate of drug-likeness (QED) is 0.887. The molecular formula is C17H21NO3. The summed E-state index contributed by atoms with van der Waals surface area (Å²) in [5.74, 6) is 1.45. The molecule has 2 aromatic rings. The summed E-state index contributed by atoms with van der Waals surface area (Å²) in [5.41, 5.74) is 2.65. The van der Waals surface area contributed by atoms with Crippen molar-refractivity contribution in [2.24, 2.45) is 0 Å². The Morgan fingerprint density at radius 3 is 2.76 bits per heavy atom. The van der Waals surface area contributed by atoms with E-state index in [0.29, 0.717) is 0 Å². The number of methoxy groups -OCH3 is 1. The van der Waals surface area contributed by atoms with Gasteiger partial charge in [0.1, 0.15) is 24.2 Å². The molecule has 1 unspecified atom stereocenters. The summed E-state index contributed by atoms with van der Waals surface area (Å²) in [6, 6.07) is 11.2. The van der Waals surface area contributed by atoms with Crippen LogP contribution in [0, 0.1) is 6.92 Å². The van der Waals surface area contributed by atoms with Crippen molar-refractivity contribution < 1.29 is 14.6 Å². The SMILES string of the molecule is CCc1nc(C)ccc1OCC(O)c1cccc(OC)c1. The third kappa shape index (κ3) is 3.95. The van der Waals surface area contributed by atoms with Crippen LogP contribution < -0.4 is 9.47 Å². The first-order chi connectivity index (χ1) is 10.1. The van der Waals surface area contributed by atoms with Gasteiger partial charge in [-0.15, -0.1) is 0 Å². The molecule has 1 N–H and O–H groups in total. The Bertz CT molecular complexity index is 598. The normalized spacial score (nSPS) is 12.0. The molecule has 112 valence electrons. The van der Waals surface area contributed by atoms with E-state index in [1.807, 2.05) is 50.2 Å². The van der Waals surface area contributed by atoms with Crippen LogP contribution in [0.25, 0.3) is 0 Å². The number of aryl methyl sites for hydroxylation is 2. The summed E-state index contributed by atoms with van der Waals surface area (Å²) in [4.78, 5) is 4.44. The fraction of sp³-hybridized carbons (Fsp3) is 0.353. The lowest BCUT2D eigenvalue weighted by Gasteiger charge is -2.15. The molecule has 1 aromatic carbocycles. The first kappa shape index (κ1) is 15.3. The van der Waals surface area contributed by atoms with E-state index >= 15 is 0 Å². The first-order valence-corrected chi connectivity index (χ1v) is 7.05. The third-order valence-corrected chi connectivity index (χ3v) is 3.28. The maximum absolute atomic E-state index is 10.2. The van der Waals surface area contributed by atoms with Crippen LogP contribution in [0.5, 0.6) is 11.5 Å². The number of nitrogens with zero attached hydrogens (tertiary/aromatic N) is 1. The van der Waals surface area contributed by atoms with E-state index in [1.54, 1.807) is 7.11 Å². The predicted octanol–water partition coefficient (Wildman–Crippen LogP) is 3.07. The summed E-state index contributed by atoms with van der Waals surface area (Å²) in [5, 5.41) is 10.2. The number of aliphatic hydroxyl groups excluding tert-OH is 1. The average molecular weight is 287 g/mol. The van der Waals surface area contributed by atoms with Crippen LogP contribution in [-0.2, 0) is 6.42 Å². The topological polar surface area (TPSA) is 51.6 Å². The van der Waals surface area contributed by atoms with Crippen molar-refractivity contribution in [1.82, 2.24) is 4.98 Å². The van der Waals surface area contributed by atoms with E-state index in [2.05, 4.69) is 4.98 Å². The van der Waals surface area contributed by atoms with Crippen LogP contribution >= 0.6 is 0 Å². The predicted molar refractivity (Wildman–Crippen MR) is 81.8 cm³/mol. The Hall–Kier alpha value is -2.07. The largest absolute Gasteiger partial charge is 0.497 e. The Balaban J connectivity index is 2.05. The van der Waals surface area contributed by atoms with Gasteiger partial charge in [0.25, 0.3) is 0 Å². The average Bonchev–Trinajstić information content (AvgIpc) is 2.53.